The van der Waals surface area contributed by atoms with E-state index in [1.54, 1.807) is 42.6 Å². The fraction of sp³-hybridized carbons (Fsp3) is 0.190. The molecule has 0 radical (unpaired) electrons. The number of thiocarbonyl (C=S) groups is 1. The number of alkyl halides is 2. The van der Waals surface area contributed by atoms with Gasteiger partial charge in [0.15, 0.2) is 5.11 Å². The number of amides is 1. The van der Waals surface area contributed by atoms with E-state index >= 15 is 0 Å². The van der Waals surface area contributed by atoms with Crippen LogP contribution in [-0.2, 0) is 0 Å². The molecule has 2 heterocycles. The van der Waals surface area contributed by atoms with Crippen LogP contribution in [0.2, 0.25) is 5.02 Å². The van der Waals surface area contributed by atoms with Gasteiger partial charge >= 0.3 is 0 Å². The zero-order chi connectivity index (χ0) is 23.0. The summed E-state index contributed by atoms with van der Waals surface area (Å²) in [6.07, 6.45) is 1.56. The molecule has 0 unspecified atom stereocenters. The second kappa shape index (κ2) is 8.36. The smallest absolute Gasteiger partial charge is 0.282 e. The number of rotatable bonds is 5. The third-order valence-electron chi connectivity index (χ3n) is 4.83. The van der Waals surface area contributed by atoms with Crippen LogP contribution in [0.5, 0.6) is 17.2 Å². The number of anilines is 1. The van der Waals surface area contributed by atoms with E-state index in [0.717, 1.165) is 0 Å². The summed E-state index contributed by atoms with van der Waals surface area (Å²) in [6.45, 7) is -0.852. The van der Waals surface area contributed by atoms with Crippen LogP contribution in [0.25, 0.3) is 10.9 Å². The largest absolute Gasteiger partial charge is 0.496 e. The number of nitrogens with two attached hydrogens (primary N) is 1. The Bertz CT molecular complexity index is 1230. The van der Waals surface area contributed by atoms with E-state index in [-0.39, 0.29) is 15.7 Å². The van der Waals surface area contributed by atoms with Crippen molar-refractivity contribution in [1.29, 1.82) is 0 Å². The SMILES string of the molecule is COc1cc2nccc(Oc3ccc(NC(=S)N4CC(F)(F)C4)c(Cl)c3)c2cc1C(N)=O. The molecule has 3 aromatic rings. The average molecular weight is 479 g/mol. The van der Waals surface area contributed by atoms with Gasteiger partial charge < -0.3 is 25.4 Å². The van der Waals surface area contributed by atoms with Crippen LogP contribution in [0.1, 0.15) is 10.4 Å². The molecule has 0 aliphatic carbocycles. The number of ether oxygens (including phenoxy) is 2. The number of hydrogen-bond acceptors (Lipinski definition) is 5. The number of benzene rings is 2. The first-order chi connectivity index (χ1) is 15.2. The molecular weight excluding hydrogens is 462 g/mol. The molecule has 4 rings (SSSR count). The van der Waals surface area contributed by atoms with Crippen LogP contribution < -0.4 is 20.5 Å². The number of pyridine rings is 1. The molecule has 32 heavy (non-hydrogen) atoms. The number of halogens is 3. The first-order valence-corrected chi connectivity index (χ1v) is 10.1. The number of methoxy groups -OCH3 is 1. The lowest BCUT2D eigenvalue weighted by Crippen LogP contribution is -2.59. The van der Waals surface area contributed by atoms with Gasteiger partial charge in [-0.2, -0.15) is 0 Å². The number of likely N-dealkylation sites (tertiary alicyclic amines) is 1. The van der Waals surface area contributed by atoms with Gasteiger partial charge in [-0.15, -0.1) is 0 Å². The molecule has 166 valence electrons. The maximum absolute atomic E-state index is 13.0. The van der Waals surface area contributed by atoms with Crippen LogP contribution in [0, 0.1) is 0 Å². The van der Waals surface area contributed by atoms with Crippen molar-refractivity contribution < 1.29 is 23.0 Å². The zero-order valence-corrected chi connectivity index (χ0v) is 18.3. The van der Waals surface area contributed by atoms with Gasteiger partial charge in [-0.05, 0) is 36.5 Å². The summed E-state index contributed by atoms with van der Waals surface area (Å²) in [5.41, 5.74) is 6.65. The number of carbonyl (C=O) groups is 1. The molecule has 7 nitrogen and oxygen atoms in total. The van der Waals surface area contributed by atoms with Crippen molar-refractivity contribution in [3.05, 3.63) is 53.2 Å². The second-order valence-electron chi connectivity index (χ2n) is 7.13. The van der Waals surface area contributed by atoms with Crippen molar-refractivity contribution >= 4 is 51.4 Å². The molecule has 1 aliphatic heterocycles. The van der Waals surface area contributed by atoms with Gasteiger partial charge in [0.1, 0.15) is 17.2 Å². The predicted molar refractivity (Wildman–Crippen MR) is 121 cm³/mol. The summed E-state index contributed by atoms with van der Waals surface area (Å²) in [4.78, 5) is 17.4. The van der Waals surface area contributed by atoms with Crippen molar-refractivity contribution in [2.45, 2.75) is 5.92 Å². The molecule has 1 aromatic heterocycles. The predicted octanol–water partition coefficient (Wildman–Crippen LogP) is 4.44. The normalized spacial score (nSPS) is 14.6. The van der Waals surface area contributed by atoms with Crippen LogP contribution in [0.4, 0.5) is 14.5 Å². The number of nitrogens with one attached hydrogen (secondary N) is 1. The Morgan fingerprint density at radius 3 is 2.62 bits per heavy atom. The Morgan fingerprint density at radius 2 is 2.00 bits per heavy atom. The van der Waals surface area contributed by atoms with E-state index in [2.05, 4.69) is 10.3 Å². The molecule has 0 bridgehead atoms. The van der Waals surface area contributed by atoms with Crippen molar-refractivity contribution in [2.24, 2.45) is 5.73 Å². The quantitative estimate of drug-likeness (QED) is 0.524. The van der Waals surface area contributed by atoms with E-state index in [1.165, 1.54) is 12.0 Å². The lowest BCUT2D eigenvalue weighted by atomic mass is 10.1. The number of aromatic nitrogens is 1. The van der Waals surface area contributed by atoms with E-state index in [0.29, 0.717) is 33.8 Å². The van der Waals surface area contributed by atoms with Crippen molar-refractivity contribution in [3.8, 4) is 17.2 Å². The highest BCUT2D eigenvalue weighted by molar-refractivity contribution is 7.80. The van der Waals surface area contributed by atoms with Gasteiger partial charge in [0.05, 0.1) is 42.0 Å². The van der Waals surface area contributed by atoms with Crippen LogP contribution in [0.15, 0.2) is 42.6 Å². The minimum Gasteiger partial charge on any atom is -0.496 e. The van der Waals surface area contributed by atoms with E-state index in [1.807, 2.05) is 0 Å². The Balaban J connectivity index is 1.57. The fourth-order valence-electron chi connectivity index (χ4n) is 3.24. The second-order valence-corrected chi connectivity index (χ2v) is 7.92. The molecular formula is C21H17ClF2N4O3S. The minimum atomic E-state index is -2.72. The third kappa shape index (κ3) is 4.37. The third-order valence-corrected chi connectivity index (χ3v) is 5.50. The molecule has 2 aromatic carbocycles. The molecule has 0 atom stereocenters. The first kappa shape index (κ1) is 22.0. The Hall–Kier alpha value is -3.24. The zero-order valence-electron chi connectivity index (χ0n) is 16.7. The molecule has 1 aliphatic rings. The summed E-state index contributed by atoms with van der Waals surface area (Å²) in [5.74, 6) is -2.22. The van der Waals surface area contributed by atoms with Crippen molar-refractivity contribution in [3.63, 3.8) is 0 Å². The molecule has 1 fully saturated rings. The monoisotopic (exact) mass is 478 g/mol. The Morgan fingerprint density at radius 1 is 1.25 bits per heavy atom. The molecule has 11 heteroatoms. The number of hydrogen-bond donors (Lipinski definition) is 2. The summed E-state index contributed by atoms with van der Waals surface area (Å²) in [6, 6.07) is 9.62. The summed E-state index contributed by atoms with van der Waals surface area (Å²) >= 11 is 11.5. The highest BCUT2D eigenvalue weighted by atomic mass is 35.5. The highest BCUT2D eigenvalue weighted by Crippen LogP contribution is 2.35. The number of carbonyl (C=O) groups excluding carboxylic acids is 1. The summed E-state index contributed by atoms with van der Waals surface area (Å²) in [5, 5.41) is 3.87. The Kier molecular flexibility index (Phi) is 5.74. The van der Waals surface area contributed by atoms with Gasteiger partial charge in [-0.25, -0.2) is 8.78 Å². The lowest BCUT2D eigenvalue weighted by Gasteiger charge is -2.40. The average Bonchev–Trinajstić information content (AvgIpc) is 2.73. The maximum atomic E-state index is 13.0. The number of nitrogens with zero attached hydrogens (tertiary/aromatic N) is 2. The van der Waals surface area contributed by atoms with Crippen LogP contribution in [0.3, 0.4) is 0 Å². The van der Waals surface area contributed by atoms with Crippen molar-refractivity contribution in [2.75, 3.05) is 25.5 Å². The maximum Gasteiger partial charge on any atom is 0.282 e. The minimum absolute atomic E-state index is 0.166. The van der Waals surface area contributed by atoms with E-state index in [9.17, 15) is 13.6 Å². The van der Waals surface area contributed by atoms with Crippen LogP contribution in [-0.4, -0.2) is 47.0 Å². The lowest BCUT2D eigenvalue weighted by molar-refractivity contribution is -0.0999. The first-order valence-electron chi connectivity index (χ1n) is 9.34. The van der Waals surface area contributed by atoms with Crippen molar-refractivity contribution in [1.82, 2.24) is 9.88 Å². The standard InChI is InChI=1S/C21H17ClF2N4O3S/c1-30-18-8-16-12(7-13(18)19(25)29)17(4-5-26-16)31-11-2-3-15(14(22)6-11)27-20(32)28-9-21(23,24)10-28/h2-8H,9-10H2,1H3,(H2,25,29)(H,27,32). The van der Waals surface area contributed by atoms with Gasteiger partial charge in [0.2, 0.25) is 0 Å². The van der Waals surface area contributed by atoms with E-state index in [4.69, 9.17) is 39.0 Å². The van der Waals surface area contributed by atoms with Crippen LogP contribution >= 0.6 is 23.8 Å². The summed E-state index contributed by atoms with van der Waals surface area (Å²) < 4.78 is 37.3. The van der Waals surface area contributed by atoms with Gasteiger partial charge in [0, 0.05) is 23.7 Å². The number of primary amides is 1. The van der Waals surface area contributed by atoms with Gasteiger partial charge in [-0.1, -0.05) is 11.6 Å². The Labute approximate surface area is 192 Å². The van der Waals surface area contributed by atoms with Gasteiger partial charge in [-0.3, -0.25) is 9.78 Å². The van der Waals surface area contributed by atoms with E-state index < -0.39 is 24.9 Å². The molecule has 1 amide bonds. The molecule has 3 N–H and O–H groups in total. The highest BCUT2D eigenvalue weighted by Gasteiger charge is 2.45. The number of fused-ring (bicyclic) bond motifs is 1. The molecule has 0 saturated carbocycles. The summed E-state index contributed by atoms with van der Waals surface area (Å²) in [7, 11) is 1.44. The fourth-order valence-corrected chi connectivity index (χ4v) is 3.69. The molecule has 0 spiro atoms. The molecule has 1 saturated heterocycles. The van der Waals surface area contributed by atoms with Gasteiger partial charge in [0.25, 0.3) is 11.8 Å². The topological polar surface area (TPSA) is 89.7 Å².